The summed E-state index contributed by atoms with van der Waals surface area (Å²) < 4.78 is 0. The standard InChI is InChI=1S/C9H16O4.C5H13NO2.CH2O/c10-8(11)6-4-2-1-3-5-7-9(12)13;1-2-5(6,3-7)4-8;1-2/h1-7H2,(H,10,11)(H,12,13);7-8H,2-4,6H2,1H3;1H2. The van der Waals surface area contributed by atoms with Gasteiger partial charge in [-0.1, -0.05) is 26.2 Å². The molecule has 0 rings (SSSR count). The van der Waals surface area contributed by atoms with E-state index in [-0.39, 0.29) is 26.1 Å². The summed E-state index contributed by atoms with van der Waals surface area (Å²) in [6.45, 7) is 3.52. The minimum Gasteiger partial charge on any atom is -0.481 e. The van der Waals surface area contributed by atoms with E-state index in [0.717, 1.165) is 19.3 Å². The van der Waals surface area contributed by atoms with Crippen LogP contribution in [0.25, 0.3) is 0 Å². The Kier molecular flexibility index (Phi) is 21.3. The molecule has 0 unspecified atom stereocenters. The van der Waals surface area contributed by atoms with Crippen molar-refractivity contribution in [3.63, 3.8) is 0 Å². The number of hydrogen-bond acceptors (Lipinski definition) is 6. The molecule has 0 saturated heterocycles. The lowest BCUT2D eigenvalue weighted by Crippen LogP contribution is -2.46. The lowest BCUT2D eigenvalue weighted by molar-refractivity contribution is -0.138. The number of carbonyl (C=O) groups is 3. The molecule has 6 N–H and O–H groups in total. The number of aliphatic carboxylic acids is 2. The molecule has 0 aromatic heterocycles. The van der Waals surface area contributed by atoms with Gasteiger partial charge in [-0.25, -0.2) is 0 Å². The van der Waals surface area contributed by atoms with Crippen molar-refractivity contribution in [2.45, 2.75) is 63.8 Å². The van der Waals surface area contributed by atoms with Crippen LogP contribution in [0.5, 0.6) is 0 Å². The van der Waals surface area contributed by atoms with Crippen molar-refractivity contribution < 1.29 is 34.8 Å². The summed E-state index contributed by atoms with van der Waals surface area (Å²) in [6.07, 6.45) is 5.13. The van der Waals surface area contributed by atoms with Gasteiger partial charge in [0.2, 0.25) is 0 Å². The van der Waals surface area contributed by atoms with Gasteiger partial charge in [-0.2, -0.15) is 0 Å². The molecule has 0 saturated carbocycles. The summed E-state index contributed by atoms with van der Waals surface area (Å²) in [5, 5.41) is 33.6. The Labute approximate surface area is 137 Å². The second kappa shape index (κ2) is 18.5. The quantitative estimate of drug-likeness (QED) is 0.346. The Balaban J connectivity index is -0.000000343. The van der Waals surface area contributed by atoms with E-state index in [9.17, 15) is 9.59 Å². The number of nitrogens with two attached hydrogens (primary N) is 1. The predicted octanol–water partition coefficient (Wildman–Crippen LogP) is 0.780. The summed E-state index contributed by atoms with van der Waals surface area (Å²) in [7, 11) is 0. The number of unbranched alkanes of at least 4 members (excludes halogenated alkanes) is 4. The average molecular weight is 337 g/mol. The van der Waals surface area contributed by atoms with Crippen LogP contribution >= 0.6 is 0 Å². The molecule has 0 radical (unpaired) electrons. The molecule has 0 spiro atoms. The van der Waals surface area contributed by atoms with E-state index in [4.69, 9.17) is 31.0 Å². The van der Waals surface area contributed by atoms with Crippen molar-refractivity contribution >= 4 is 18.7 Å². The highest BCUT2D eigenvalue weighted by atomic mass is 16.4. The third kappa shape index (κ3) is 22.9. The van der Waals surface area contributed by atoms with E-state index in [1.807, 2.05) is 13.7 Å². The van der Waals surface area contributed by atoms with Gasteiger partial charge >= 0.3 is 11.9 Å². The molecule has 0 aliphatic rings. The normalized spacial score (nSPS) is 9.91. The summed E-state index contributed by atoms with van der Waals surface area (Å²) >= 11 is 0. The molecule has 0 aromatic carbocycles. The minimum absolute atomic E-state index is 0.153. The largest absolute Gasteiger partial charge is 0.481 e. The van der Waals surface area contributed by atoms with Crippen LogP contribution in [-0.2, 0) is 14.4 Å². The highest BCUT2D eigenvalue weighted by Crippen LogP contribution is 2.06. The molecule has 0 aliphatic carbocycles. The van der Waals surface area contributed by atoms with E-state index >= 15 is 0 Å². The van der Waals surface area contributed by atoms with Gasteiger partial charge in [0, 0.05) is 12.8 Å². The fourth-order valence-corrected chi connectivity index (χ4v) is 1.36. The molecular formula is C15H31NO7. The van der Waals surface area contributed by atoms with E-state index in [1.54, 1.807) is 0 Å². The summed E-state index contributed by atoms with van der Waals surface area (Å²) in [6, 6.07) is 0. The average Bonchev–Trinajstić information content (AvgIpc) is 2.55. The van der Waals surface area contributed by atoms with Crippen LogP contribution in [0.1, 0.15) is 58.3 Å². The smallest absolute Gasteiger partial charge is 0.303 e. The minimum atomic E-state index is -0.764. The first-order valence-electron chi connectivity index (χ1n) is 7.54. The molecule has 8 nitrogen and oxygen atoms in total. The van der Waals surface area contributed by atoms with Crippen molar-refractivity contribution in [1.29, 1.82) is 0 Å². The lowest BCUT2D eigenvalue weighted by atomic mass is 10.0. The van der Waals surface area contributed by atoms with Gasteiger partial charge < -0.3 is 31.0 Å². The molecule has 0 atom stereocenters. The van der Waals surface area contributed by atoms with Gasteiger partial charge in [0.25, 0.3) is 0 Å². The number of carbonyl (C=O) groups excluding carboxylic acids is 1. The zero-order valence-corrected chi connectivity index (χ0v) is 13.9. The Morgan fingerprint density at radius 1 is 0.870 bits per heavy atom. The van der Waals surface area contributed by atoms with Crippen molar-refractivity contribution in [2.75, 3.05) is 13.2 Å². The second-order valence-electron chi connectivity index (χ2n) is 5.09. The molecule has 8 heteroatoms. The van der Waals surface area contributed by atoms with Crippen LogP contribution in [0.2, 0.25) is 0 Å². The maximum Gasteiger partial charge on any atom is 0.303 e. The molecule has 138 valence electrons. The molecule has 0 bridgehead atoms. The van der Waals surface area contributed by atoms with Crippen LogP contribution in [0.15, 0.2) is 0 Å². The molecule has 23 heavy (non-hydrogen) atoms. The maximum atomic E-state index is 10.1. The van der Waals surface area contributed by atoms with Gasteiger partial charge in [0.15, 0.2) is 0 Å². The van der Waals surface area contributed by atoms with Crippen LogP contribution in [0.3, 0.4) is 0 Å². The van der Waals surface area contributed by atoms with E-state index < -0.39 is 17.5 Å². The van der Waals surface area contributed by atoms with E-state index in [2.05, 4.69) is 0 Å². The Morgan fingerprint density at radius 3 is 1.35 bits per heavy atom. The third-order valence-corrected chi connectivity index (χ3v) is 3.12. The van der Waals surface area contributed by atoms with Gasteiger partial charge in [-0.15, -0.1) is 0 Å². The van der Waals surface area contributed by atoms with Crippen molar-refractivity contribution in [1.82, 2.24) is 0 Å². The van der Waals surface area contributed by atoms with Gasteiger partial charge in [0.1, 0.15) is 6.79 Å². The van der Waals surface area contributed by atoms with Gasteiger partial charge in [0.05, 0.1) is 18.8 Å². The number of carboxylic acid groups (broad SMARTS) is 2. The fraction of sp³-hybridized carbons (Fsp3) is 0.800. The lowest BCUT2D eigenvalue weighted by Gasteiger charge is -2.21. The first-order valence-corrected chi connectivity index (χ1v) is 7.54. The molecule has 0 heterocycles. The number of carboxylic acids is 2. The van der Waals surface area contributed by atoms with Crippen LogP contribution in [-0.4, -0.2) is 57.9 Å². The topological polar surface area (TPSA) is 158 Å². The van der Waals surface area contributed by atoms with Gasteiger partial charge in [-0.05, 0) is 19.3 Å². The molecule has 0 amide bonds. The van der Waals surface area contributed by atoms with E-state index in [1.165, 1.54) is 0 Å². The molecule has 0 fully saturated rings. The summed E-state index contributed by atoms with van der Waals surface area (Å²) in [5.74, 6) is -1.52. The fourth-order valence-electron chi connectivity index (χ4n) is 1.36. The van der Waals surface area contributed by atoms with Crippen LogP contribution < -0.4 is 5.73 Å². The summed E-state index contributed by atoms with van der Waals surface area (Å²) in [4.78, 5) is 28.2. The van der Waals surface area contributed by atoms with E-state index in [0.29, 0.717) is 19.3 Å². The number of hydrogen-bond donors (Lipinski definition) is 5. The second-order valence-corrected chi connectivity index (χ2v) is 5.09. The highest BCUT2D eigenvalue weighted by Gasteiger charge is 2.19. The Hall–Kier alpha value is -1.51. The van der Waals surface area contributed by atoms with Crippen molar-refractivity contribution in [2.24, 2.45) is 5.73 Å². The summed E-state index contributed by atoms with van der Waals surface area (Å²) in [5.41, 5.74) is 4.63. The monoisotopic (exact) mass is 337 g/mol. The zero-order chi connectivity index (χ0) is 18.7. The predicted molar refractivity (Wildman–Crippen MR) is 86.1 cm³/mol. The third-order valence-electron chi connectivity index (χ3n) is 3.12. The SMILES string of the molecule is C=O.CCC(N)(CO)CO.O=C(O)CCCCCCCC(=O)O. The highest BCUT2D eigenvalue weighted by molar-refractivity contribution is 5.66. The molecule has 0 aliphatic heterocycles. The Morgan fingerprint density at radius 2 is 1.17 bits per heavy atom. The van der Waals surface area contributed by atoms with Gasteiger partial charge in [-0.3, -0.25) is 9.59 Å². The first-order chi connectivity index (χ1) is 10.8. The number of rotatable bonds is 11. The number of aliphatic hydroxyl groups excluding tert-OH is 2. The van der Waals surface area contributed by atoms with Crippen molar-refractivity contribution in [3.8, 4) is 0 Å². The van der Waals surface area contributed by atoms with Crippen molar-refractivity contribution in [3.05, 3.63) is 0 Å². The van der Waals surface area contributed by atoms with Crippen LogP contribution in [0, 0.1) is 0 Å². The van der Waals surface area contributed by atoms with Crippen LogP contribution in [0.4, 0.5) is 0 Å². The first kappa shape index (κ1) is 26.4. The molecule has 0 aromatic rings. The maximum absolute atomic E-state index is 10.1. The zero-order valence-electron chi connectivity index (χ0n) is 13.9. The Bertz CT molecular complexity index is 267. The molecular weight excluding hydrogens is 306 g/mol. The number of aliphatic hydroxyl groups is 2.